The number of methoxy groups -OCH3 is 1. The smallest absolute Gasteiger partial charge is 0.186 e. The fourth-order valence-corrected chi connectivity index (χ4v) is 2.25. The zero-order chi connectivity index (χ0) is 14.5. The summed E-state index contributed by atoms with van der Waals surface area (Å²) in [5, 5.41) is 12.0. The van der Waals surface area contributed by atoms with E-state index in [-0.39, 0.29) is 6.04 Å². The van der Waals surface area contributed by atoms with Crippen LogP contribution in [0.25, 0.3) is 11.4 Å². The fourth-order valence-electron chi connectivity index (χ4n) is 2.25. The van der Waals surface area contributed by atoms with E-state index in [1.54, 1.807) is 13.2 Å². The number of para-hydroxylation sites is 1. The first kappa shape index (κ1) is 14.3. The first-order chi connectivity index (χ1) is 9.69. The van der Waals surface area contributed by atoms with Crippen molar-refractivity contribution in [1.29, 1.82) is 0 Å². The minimum atomic E-state index is 0.242. The molecule has 2 aromatic rings. The highest BCUT2D eigenvalue weighted by atomic mass is 16.5. The zero-order valence-corrected chi connectivity index (χ0v) is 12.2. The molecule has 20 heavy (non-hydrogen) atoms. The summed E-state index contributed by atoms with van der Waals surface area (Å²) in [6.45, 7) is 4.29. The molecule has 0 bridgehead atoms. The molecule has 0 radical (unpaired) electrons. The predicted octanol–water partition coefficient (Wildman–Crippen LogP) is 2.68. The number of hydrogen-bond donors (Lipinski definition) is 1. The van der Waals surface area contributed by atoms with Crippen LogP contribution in [0.15, 0.2) is 18.2 Å². The molecule has 0 fully saturated rings. The molecule has 108 valence electrons. The van der Waals surface area contributed by atoms with Crippen molar-refractivity contribution in [2.24, 2.45) is 0 Å². The summed E-state index contributed by atoms with van der Waals surface area (Å²) in [6, 6.07) is 5.84. The lowest BCUT2D eigenvalue weighted by atomic mass is 10.1. The third kappa shape index (κ3) is 2.74. The van der Waals surface area contributed by atoms with E-state index in [4.69, 9.17) is 10.5 Å². The number of nitrogen functional groups attached to an aromatic ring is 1. The Hall–Kier alpha value is -2.11. The van der Waals surface area contributed by atoms with Crippen molar-refractivity contribution in [2.45, 2.75) is 39.2 Å². The largest absolute Gasteiger partial charge is 0.494 e. The highest BCUT2D eigenvalue weighted by Crippen LogP contribution is 2.34. The van der Waals surface area contributed by atoms with Crippen LogP contribution in [0.2, 0.25) is 0 Å². The second-order valence-corrected chi connectivity index (χ2v) is 4.87. The molecule has 6 nitrogen and oxygen atoms in total. The van der Waals surface area contributed by atoms with Crippen LogP contribution in [0.1, 0.15) is 39.2 Å². The van der Waals surface area contributed by atoms with Gasteiger partial charge in [0.15, 0.2) is 11.6 Å². The van der Waals surface area contributed by atoms with E-state index in [0.29, 0.717) is 17.3 Å². The number of nitrogens with two attached hydrogens (primary N) is 1. The second kappa shape index (κ2) is 6.36. The van der Waals surface area contributed by atoms with Crippen LogP contribution in [0.4, 0.5) is 5.69 Å². The van der Waals surface area contributed by atoms with Crippen molar-refractivity contribution in [3.05, 3.63) is 18.2 Å². The number of benzene rings is 1. The van der Waals surface area contributed by atoms with Gasteiger partial charge in [0.05, 0.1) is 24.4 Å². The van der Waals surface area contributed by atoms with Crippen LogP contribution < -0.4 is 10.5 Å². The van der Waals surface area contributed by atoms with Gasteiger partial charge in [-0.2, -0.15) is 0 Å². The number of aromatic nitrogens is 4. The van der Waals surface area contributed by atoms with Gasteiger partial charge in [-0.3, -0.25) is 0 Å². The number of tetrazole rings is 1. The van der Waals surface area contributed by atoms with Gasteiger partial charge >= 0.3 is 0 Å². The van der Waals surface area contributed by atoms with Crippen molar-refractivity contribution >= 4 is 5.69 Å². The summed E-state index contributed by atoms with van der Waals surface area (Å²) in [6.07, 6.45) is 3.34. The maximum atomic E-state index is 5.94. The quantitative estimate of drug-likeness (QED) is 0.820. The molecule has 2 rings (SSSR count). The first-order valence-electron chi connectivity index (χ1n) is 6.89. The summed E-state index contributed by atoms with van der Waals surface area (Å²) in [5.41, 5.74) is 7.35. The summed E-state index contributed by atoms with van der Waals surface area (Å²) < 4.78 is 7.22. The monoisotopic (exact) mass is 275 g/mol. The van der Waals surface area contributed by atoms with E-state index in [1.807, 2.05) is 16.8 Å². The topological polar surface area (TPSA) is 78.9 Å². The van der Waals surface area contributed by atoms with Gasteiger partial charge in [-0.05, 0) is 35.9 Å². The van der Waals surface area contributed by atoms with Gasteiger partial charge in [0.1, 0.15) is 0 Å². The molecule has 1 atom stereocenters. The summed E-state index contributed by atoms with van der Waals surface area (Å²) in [7, 11) is 1.60. The van der Waals surface area contributed by atoms with Crippen LogP contribution in [-0.4, -0.2) is 27.3 Å². The van der Waals surface area contributed by atoms with Crippen LogP contribution in [0, 0.1) is 0 Å². The van der Waals surface area contributed by atoms with Gasteiger partial charge in [-0.25, -0.2) is 4.68 Å². The summed E-state index contributed by atoms with van der Waals surface area (Å²) >= 11 is 0. The molecule has 0 aliphatic rings. The number of rotatable bonds is 6. The maximum absolute atomic E-state index is 5.94. The molecule has 0 amide bonds. The van der Waals surface area contributed by atoms with Gasteiger partial charge in [-0.1, -0.05) is 25.8 Å². The van der Waals surface area contributed by atoms with E-state index in [0.717, 1.165) is 24.8 Å². The molecule has 2 N–H and O–H groups in total. The molecule has 1 heterocycles. The van der Waals surface area contributed by atoms with Gasteiger partial charge < -0.3 is 10.5 Å². The standard InChI is InChI=1S/C14H21N5O/c1-4-5-7-10(2)19-14(16-17-18-19)11-8-6-9-12(15)13(11)20-3/h6,8-10H,4-5,7,15H2,1-3H3. The van der Waals surface area contributed by atoms with Gasteiger partial charge in [0.25, 0.3) is 0 Å². The summed E-state index contributed by atoms with van der Waals surface area (Å²) in [4.78, 5) is 0. The van der Waals surface area contributed by atoms with Crippen molar-refractivity contribution in [2.75, 3.05) is 12.8 Å². The average Bonchev–Trinajstić information content (AvgIpc) is 2.93. The van der Waals surface area contributed by atoms with E-state index in [9.17, 15) is 0 Å². The second-order valence-electron chi connectivity index (χ2n) is 4.87. The lowest BCUT2D eigenvalue weighted by molar-refractivity contribution is 0.414. The molecular weight excluding hydrogens is 254 g/mol. The Morgan fingerprint density at radius 3 is 2.90 bits per heavy atom. The molecule has 0 aliphatic carbocycles. The van der Waals surface area contributed by atoms with Crippen LogP contribution >= 0.6 is 0 Å². The molecule has 0 spiro atoms. The fraction of sp³-hybridized carbons (Fsp3) is 0.500. The van der Waals surface area contributed by atoms with Gasteiger partial charge in [0, 0.05) is 0 Å². The highest BCUT2D eigenvalue weighted by Gasteiger charge is 2.18. The van der Waals surface area contributed by atoms with E-state index in [2.05, 4.69) is 29.4 Å². The Kier molecular flexibility index (Phi) is 4.55. The third-order valence-electron chi connectivity index (χ3n) is 3.38. The molecule has 1 unspecified atom stereocenters. The normalized spacial score (nSPS) is 12.3. The molecule has 0 saturated heterocycles. The minimum Gasteiger partial charge on any atom is -0.494 e. The van der Waals surface area contributed by atoms with E-state index < -0.39 is 0 Å². The average molecular weight is 275 g/mol. The Bertz CT molecular complexity index is 566. The van der Waals surface area contributed by atoms with Crippen molar-refractivity contribution in [3.8, 4) is 17.1 Å². The number of nitrogens with zero attached hydrogens (tertiary/aromatic N) is 4. The van der Waals surface area contributed by atoms with E-state index >= 15 is 0 Å². The van der Waals surface area contributed by atoms with Crippen molar-refractivity contribution in [1.82, 2.24) is 20.2 Å². The Balaban J connectivity index is 2.39. The van der Waals surface area contributed by atoms with Crippen molar-refractivity contribution in [3.63, 3.8) is 0 Å². The zero-order valence-electron chi connectivity index (χ0n) is 12.2. The number of ether oxygens (including phenoxy) is 1. The van der Waals surface area contributed by atoms with Crippen molar-refractivity contribution < 1.29 is 4.74 Å². The lowest BCUT2D eigenvalue weighted by Crippen LogP contribution is -2.10. The summed E-state index contributed by atoms with van der Waals surface area (Å²) in [5.74, 6) is 1.31. The van der Waals surface area contributed by atoms with E-state index in [1.165, 1.54) is 0 Å². The van der Waals surface area contributed by atoms with Crippen LogP contribution in [0.3, 0.4) is 0 Å². The number of hydrogen-bond acceptors (Lipinski definition) is 5. The highest BCUT2D eigenvalue weighted by molar-refractivity contribution is 5.73. The SMILES string of the molecule is CCCCC(C)n1nnnc1-c1cccc(N)c1OC. The number of unbranched alkanes of at least 4 members (excludes halogenated alkanes) is 1. The Morgan fingerprint density at radius 2 is 2.20 bits per heavy atom. The van der Waals surface area contributed by atoms with Gasteiger partial charge in [0.2, 0.25) is 0 Å². The molecular formula is C14H21N5O. The molecule has 1 aromatic heterocycles. The Morgan fingerprint density at radius 1 is 1.40 bits per heavy atom. The minimum absolute atomic E-state index is 0.242. The molecule has 6 heteroatoms. The predicted molar refractivity (Wildman–Crippen MR) is 78.5 cm³/mol. The van der Waals surface area contributed by atoms with Gasteiger partial charge in [-0.15, -0.1) is 5.10 Å². The van der Waals surface area contributed by atoms with Crippen LogP contribution in [0.5, 0.6) is 5.75 Å². The maximum Gasteiger partial charge on any atom is 0.186 e. The first-order valence-corrected chi connectivity index (χ1v) is 6.89. The van der Waals surface area contributed by atoms with Crippen LogP contribution in [-0.2, 0) is 0 Å². The molecule has 0 aliphatic heterocycles. The molecule has 0 saturated carbocycles. The Labute approximate surface area is 118 Å². The lowest BCUT2D eigenvalue weighted by Gasteiger charge is -2.15. The number of anilines is 1. The molecule has 1 aromatic carbocycles. The third-order valence-corrected chi connectivity index (χ3v) is 3.38.